The minimum atomic E-state index is 0.628. The zero-order valence-corrected chi connectivity index (χ0v) is 11.0. The molecule has 2 atom stereocenters. The molecule has 0 spiro atoms. The predicted octanol–water partition coefficient (Wildman–Crippen LogP) is 3.22. The van der Waals surface area contributed by atoms with Gasteiger partial charge in [0.2, 0.25) is 0 Å². The minimum Gasteiger partial charge on any atom is -0.381 e. The Balaban J connectivity index is 3.53. The molecule has 0 aliphatic carbocycles. The summed E-state index contributed by atoms with van der Waals surface area (Å²) in [6.45, 7) is 8.56. The van der Waals surface area contributed by atoms with E-state index in [1.165, 1.54) is 19.3 Å². The van der Waals surface area contributed by atoms with E-state index in [1.54, 1.807) is 0 Å². The molecule has 0 bridgehead atoms. The second kappa shape index (κ2) is 10.4. The normalized spacial score (nSPS) is 15.2. The molecule has 2 heteroatoms. The number of ether oxygens (including phenoxy) is 1. The van der Waals surface area contributed by atoms with Crippen LogP contribution in [0.4, 0.5) is 0 Å². The van der Waals surface area contributed by atoms with Crippen molar-refractivity contribution in [2.24, 2.45) is 5.92 Å². The molecule has 2 unspecified atom stereocenters. The van der Waals surface area contributed by atoms with Crippen LogP contribution in [0.15, 0.2) is 0 Å². The second-order valence-corrected chi connectivity index (χ2v) is 4.52. The topological polar surface area (TPSA) is 21.3 Å². The third-order valence-electron chi connectivity index (χ3n) is 2.84. The number of hydrogen-bond donors (Lipinski definition) is 1. The number of nitrogens with one attached hydrogen (secondary N) is 1. The summed E-state index contributed by atoms with van der Waals surface area (Å²) in [6.07, 6.45) is 6.18. The molecule has 0 saturated heterocycles. The van der Waals surface area contributed by atoms with Crippen molar-refractivity contribution < 1.29 is 4.74 Å². The lowest BCUT2D eigenvalue weighted by molar-refractivity contribution is 0.122. The molecule has 0 aliphatic heterocycles. The van der Waals surface area contributed by atoms with Gasteiger partial charge in [0.05, 0.1) is 0 Å². The largest absolute Gasteiger partial charge is 0.381 e. The van der Waals surface area contributed by atoms with Crippen molar-refractivity contribution >= 4 is 0 Å². The maximum absolute atomic E-state index is 5.52. The molecule has 0 aliphatic rings. The van der Waals surface area contributed by atoms with Crippen LogP contribution in [0.3, 0.4) is 0 Å². The fourth-order valence-electron chi connectivity index (χ4n) is 1.95. The molecule has 0 aromatic carbocycles. The van der Waals surface area contributed by atoms with E-state index < -0.39 is 0 Å². The third-order valence-corrected chi connectivity index (χ3v) is 2.84. The van der Waals surface area contributed by atoms with Gasteiger partial charge >= 0.3 is 0 Å². The SMILES string of the molecule is CCCOCCC(CC(C)CCC)NC. The first-order chi connectivity index (χ1) is 7.24. The highest BCUT2D eigenvalue weighted by molar-refractivity contribution is 4.68. The van der Waals surface area contributed by atoms with Crippen LogP contribution in [0.2, 0.25) is 0 Å². The van der Waals surface area contributed by atoms with E-state index in [4.69, 9.17) is 4.74 Å². The highest BCUT2D eigenvalue weighted by atomic mass is 16.5. The summed E-state index contributed by atoms with van der Waals surface area (Å²) in [6, 6.07) is 0.628. The zero-order chi connectivity index (χ0) is 11.5. The lowest BCUT2D eigenvalue weighted by Crippen LogP contribution is -2.28. The van der Waals surface area contributed by atoms with Gasteiger partial charge in [-0.05, 0) is 32.2 Å². The Labute approximate surface area is 95.8 Å². The Morgan fingerprint density at radius 2 is 1.80 bits per heavy atom. The van der Waals surface area contributed by atoms with Gasteiger partial charge in [-0.3, -0.25) is 0 Å². The molecule has 0 saturated carbocycles. The van der Waals surface area contributed by atoms with Crippen molar-refractivity contribution in [2.75, 3.05) is 20.3 Å². The summed E-state index contributed by atoms with van der Waals surface area (Å²) < 4.78 is 5.52. The molecule has 0 amide bonds. The predicted molar refractivity (Wildman–Crippen MR) is 67.3 cm³/mol. The van der Waals surface area contributed by atoms with E-state index >= 15 is 0 Å². The lowest BCUT2D eigenvalue weighted by atomic mass is 9.96. The second-order valence-electron chi connectivity index (χ2n) is 4.52. The van der Waals surface area contributed by atoms with Gasteiger partial charge in [-0.15, -0.1) is 0 Å². The molecule has 0 radical (unpaired) electrons. The molecule has 0 fully saturated rings. The monoisotopic (exact) mass is 215 g/mol. The fourth-order valence-corrected chi connectivity index (χ4v) is 1.95. The molecule has 0 rings (SSSR count). The maximum atomic E-state index is 5.52. The summed E-state index contributed by atoms with van der Waals surface area (Å²) in [5.74, 6) is 0.832. The summed E-state index contributed by atoms with van der Waals surface area (Å²) >= 11 is 0. The zero-order valence-electron chi connectivity index (χ0n) is 11.0. The Morgan fingerprint density at radius 3 is 2.33 bits per heavy atom. The molecular formula is C13H29NO. The van der Waals surface area contributed by atoms with Gasteiger partial charge in [0.1, 0.15) is 0 Å². The summed E-state index contributed by atoms with van der Waals surface area (Å²) in [5, 5.41) is 3.39. The Morgan fingerprint density at radius 1 is 1.07 bits per heavy atom. The van der Waals surface area contributed by atoms with E-state index in [0.29, 0.717) is 6.04 Å². The van der Waals surface area contributed by atoms with Crippen molar-refractivity contribution in [1.82, 2.24) is 5.32 Å². The van der Waals surface area contributed by atoms with Crippen LogP contribution in [-0.4, -0.2) is 26.3 Å². The molecule has 0 heterocycles. The third kappa shape index (κ3) is 8.88. The Kier molecular flexibility index (Phi) is 10.4. The number of hydrogen-bond acceptors (Lipinski definition) is 2. The Hall–Kier alpha value is -0.0800. The van der Waals surface area contributed by atoms with Crippen molar-refractivity contribution in [3.05, 3.63) is 0 Å². The van der Waals surface area contributed by atoms with Gasteiger partial charge in [-0.1, -0.05) is 33.6 Å². The maximum Gasteiger partial charge on any atom is 0.0480 e. The molecule has 0 aromatic rings. The number of rotatable bonds is 10. The van der Waals surface area contributed by atoms with E-state index in [9.17, 15) is 0 Å². The molecule has 92 valence electrons. The summed E-state index contributed by atoms with van der Waals surface area (Å²) in [7, 11) is 2.06. The fraction of sp³-hybridized carbons (Fsp3) is 1.00. The van der Waals surface area contributed by atoms with Crippen LogP contribution in [0, 0.1) is 5.92 Å². The average molecular weight is 215 g/mol. The molecule has 15 heavy (non-hydrogen) atoms. The van der Waals surface area contributed by atoms with Crippen molar-refractivity contribution in [3.8, 4) is 0 Å². The average Bonchev–Trinajstić information content (AvgIpc) is 2.23. The summed E-state index contributed by atoms with van der Waals surface area (Å²) in [5.41, 5.74) is 0. The van der Waals surface area contributed by atoms with Crippen LogP contribution in [0.1, 0.15) is 52.9 Å². The van der Waals surface area contributed by atoms with Gasteiger partial charge in [0.15, 0.2) is 0 Å². The van der Waals surface area contributed by atoms with Crippen molar-refractivity contribution in [2.45, 2.75) is 58.9 Å². The highest BCUT2D eigenvalue weighted by Crippen LogP contribution is 2.14. The van der Waals surface area contributed by atoms with Gasteiger partial charge < -0.3 is 10.1 Å². The summed E-state index contributed by atoms with van der Waals surface area (Å²) in [4.78, 5) is 0. The first-order valence-electron chi connectivity index (χ1n) is 6.49. The van der Waals surface area contributed by atoms with Crippen LogP contribution < -0.4 is 5.32 Å². The highest BCUT2D eigenvalue weighted by Gasteiger charge is 2.10. The van der Waals surface area contributed by atoms with Crippen molar-refractivity contribution in [3.63, 3.8) is 0 Å². The van der Waals surface area contributed by atoms with Crippen LogP contribution in [0.5, 0.6) is 0 Å². The first kappa shape index (κ1) is 14.9. The van der Waals surface area contributed by atoms with E-state index in [1.807, 2.05) is 0 Å². The van der Waals surface area contributed by atoms with Crippen LogP contribution in [-0.2, 0) is 4.74 Å². The van der Waals surface area contributed by atoms with Crippen LogP contribution >= 0.6 is 0 Å². The van der Waals surface area contributed by atoms with E-state index in [0.717, 1.165) is 32.0 Å². The minimum absolute atomic E-state index is 0.628. The molecule has 2 nitrogen and oxygen atoms in total. The first-order valence-corrected chi connectivity index (χ1v) is 6.49. The molecule has 1 N–H and O–H groups in total. The van der Waals surface area contributed by atoms with E-state index in [2.05, 4.69) is 33.1 Å². The van der Waals surface area contributed by atoms with Gasteiger partial charge in [0.25, 0.3) is 0 Å². The lowest BCUT2D eigenvalue weighted by Gasteiger charge is -2.20. The smallest absolute Gasteiger partial charge is 0.0480 e. The standard InChI is InChI=1S/C13H29NO/c1-5-7-12(3)11-13(14-4)8-10-15-9-6-2/h12-14H,5-11H2,1-4H3. The van der Waals surface area contributed by atoms with Crippen LogP contribution in [0.25, 0.3) is 0 Å². The van der Waals surface area contributed by atoms with Gasteiger partial charge in [0, 0.05) is 19.3 Å². The molecule has 0 aromatic heterocycles. The van der Waals surface area contributed by atoms with Gasteiger partial charge in [-0.25, -0.2) is 0 Å². The van der Waals surface area contributed by atoms with Gasteiger partial charge in [-0.2, -0.15) is 0 Å². The van der Waals surface area contributed by atoms with E-state index in [-0.39, 0.29) is 0 Å². The van der Waals surface area contributed by atoms with Crippen molar-refractivity contribution in [1.29, 1.82) is 0 Å². The Bertz CT molecular complexity index is 128. The molecular weight excluding hydrogens is 186 g/mol. The quantitative estimate of drug-likeness (QED) is 0.565.